The molecular formula is C13H31N3Si. The molecule has 0 aliphatic carbocycles. The molecule has 0 aromatic rings. The van der Waals surface area contributed by atoms with E-state index in [1.807, 2.05) is 26.0 Å². The maximum Gasteiger partial charge on any atom is 0.192 e. The Bertz CT molecular complexity index is 223. The molecule has 0 aliphatic heterocycles. The molecule has 0 aliphatic rings. The number of nitrogens with zero attached hydrogens (tertiary/aromatic N) is 2. The zero-order valence-corrected chi connectivity index (χ0v) is 13.8. The van der Waals surface area contributed by atoms with E-state index in [1.54, 1.807) is 7.05 Å². The highest BCUT2D eigenvalue weighted by molar-refractivity contribution is 6.82. The Morgan fingerprint density at radius 3 is 2.12 bits per heavy atom. The molecule has 4 heteroatoms. The smallest absolute Gasteiger partial charge is 0.192 e. The SMILES string of the molecule is C=C[Si](C)(C)CCCC.CN=C(NC)N(C)C. The molecule has 0 rings (SSSR count). The third-order valence-electron chi connectivity index (χ3n) is 2.59. The van der Waals surface area contributed by atoms with E-state index >= 15 is 0 Å². The van der Waals surface area contributed by atoms with E-state index < -0.39 is 8.07 Å². The van der Waals surface area contributed by atoms with Gasteiger partial charge in [0.15, 0.2) is 5.96 Å². The molecule has 0 amide bonds. The van der Waals surface area contributed by atoms with Gasteiger partial charge in [-0.15, -0.1) is 12.3 Å². The van der Waals surface area contributed by atoms with Crippen LogP contribution in [0.4, 0.5) is 0 Å². The molecule has 0 heterocycles. The maximum atomic E-state index is 3.94. The van der Waals surface area contributed by atoms with Crippen molar-refractivity contribution in [2.75, 3.05) is 28.2 Å². The topological polar surface area (TPSA) is 27.6 Å². The van der Waals surface area contributed by atoms with Gasteiger partial charge in [-0.05, 0) is 0 Å². The standard InChI is InChI=1S/C8H18Si.C5H13N3/c1-5-7-8-9(3,4)6-2;1-6-5(7-2)8(3)4/h6H,2,5,7-8H2,1,3-4H3;1-4H3,(H,6,7). The predicted octanol–water partition coefficient (Wildman–Crippen LogP) is 2.97. The molecule has 0 spiro atoms. The van der Waals surface area contributed by atoms with Crippen molar-refractivity contribution in [2.24, 2.45) is 4.99 Å². The van der Waals surface area contributed by atoms with Gasteiger partial charge >= 0.3 is 0 Å². The van der Waals surface area contributed by atoms with Crippen molar-refractivity contribution in [2.45, 2.75) is 38.9 Å². The first-order valence-corrected chi connectivity index (χ1v) is 9.58. The predicted molar refractivity (Wildman–Crippen MR) is 83.5 cm³/mol. The van der Waals surface area contributed by atoms with Crippen molar-refractivity contribution >= 4 is 14.0 Å². The van der Waals surface area contributed by atoms with Gasteiger partial charge in [0, 0.05) is 28.2 Å². The molecule has 0 aromatic carbocycles. The van der Waals surface area contributed by atoms with Crippen LogP contribution in [0.3, 0.4) is 0 Å². The van der Waals surface area contributed by atoms with Crippen LogP contribution in [0.5, 0.6) is 0 Å². The highest BCUT2D eigenvalue weighted by Crippen LogP contribution is 2.13. The Kier molecular flexibility index (Phi) is 11.4. The van der Waals surface area contributed by atoms with Gasteiger partial charge in [0.05, 0.1) is 8.07 Å². The molecule has 17 heavy (non-hydrogen) atoms. The zero-order valence-electron chi connectivity index (χ0n) is 12.8. The number of guanidine groups is 1. The Hall–Kier alpha value is -0.773. The van der Waals surface area contributed by atoms with Crippen LogP contribution < -0.4 is 5.32 Å². The average molecular weight is 257 g/mol. The van der Waals surface area contributed by atoms with Gasteiger partial charge in [0.2, 0.25) is 0 Å². The first-order chi connectivity index (χ1) is 7.84. The van der Waals surface area contributed by atoms with Gasteiger partial charge in [-0.25, -0.2) is 0 Å². The van der Waals surface area contributed by atoms with Crippen molar-refractivity contribution in [1.29, 1.82) is 0 Å². The molecule has 3 nitrogen and oxygen atoms in total. The summed E-state index contributed by atoms with van der Waals surface area (Å²) < 4.78 is 0. The fourth-order valence-electron chi connectivity index (χ4n) is 1.27. The summed E-state index contributed by atoms with van der Waals surface area (Å²) >= 11 is 0. The molecular weight excluding hydrogens is 226 g/mol. The summed E-state index contributed by atoms with van der Waals surface area (Å²) in [5.74, 6) is 0.894. The normalized spacial score (nSPS) is 11.4. The van der Waals surface area contributed by atoms with Crippen LogP contribution in [0.25, 0.3) is 0 Å². The van der Waals surface area contributed by atoms with Crippen LogP contribution in [0.2, 0.25) is 19.1 Å². The summed E-state index contributed by atoms with van der Waals surface area (Å²) in [7, 11) is 6.56. The van der Waals surface area contributed by atoms with Crippen molar-refractivity contribution in [3.8, 4) is 0 Å². The largest absolute Gasteiger partial charge is 0.359 e. The number of nitrogens with one attached hydrogen (secondary N) is 1. The van der Waals surface area contributed by atoms with Crippen LogP contribution in [0.15, 0.2) is 17.3 Å². The third-order valence-corrected chi connectivity index (χ3v) is 5.33. The second kappa shape index (κ2) is 10.4. The second-order valence-corrected chi connectivity index (χ2v) is 9.87. The van der Waals surface area contributed by atoms with Crippen LogP contribution in [-0.4, -0.2) is 47.1 Å². The molecule has 0 saturated carbocycles. The molecule has 0 atom stereocenters. The van der Waals surface area contributed by atoms with Crippen LogP contribution in [0.1, 0.15) is 19.8 Å². The molecule has 102 valence electrons. The van der Waals surface area contributed by atoms with Gasteiger partial charge in [0.25, 0.3) is 0 Å². The number of hydrogen-bond donors (Lipinski definition) is 1. The van der Waals surface area contributed by atoms with Gasteiger partial charge in [-0.3, -0.25) is 4.99 Å². The van der Waals surface area contributed by atoms with Gasteiger partial charge in [-0.1, -0.05) is 38.9 Å². The van der Waals surface area contributed by atoms with E-state index in [1.165, 1.54) is 18.9 Å². The Morgan fingerprint density at radius 1 is 1.41 bits per heavy atom. The first kappa shape index (κ1) is 18.6. The Labute approximate surface area is 109 Å². The van der Waals surface area contributed by atoms with E-state index in [4.69, 9.17) is 0 Å². The van der Waals surface area contributed by atoms with Gasteiger partial charge in [0.1, 0.15) is 0 Å². The third kappa shape index (κ3) is 11.5. The van der Waals surface area contributed by atoms with E-state index in [9.17, 15) is 0 Å². The number of rotatable bonds is 4. The zero-order chi connectivity index (χ0) is 13.9. The molecule has 0 fully saturated rings. The van der Waals surface area contributed by atoms with Crippen LogP contribution in [-0.2, 0) is 0 Å². The van der Waals surface area contributed by atoms with E-state index in [0.717, 1.165) is 5.96 Å². The summed E-state index contributed by atoms with van der Waals surface area (Å²) in [6, 6.07) is 1.41. The molecule has 0 bridgehead atoms. The Balaban J connectivity index is 0. The first-order valence-electron chi connectivity index (χ1n) is 6.30. The van der Waals surface area contributed by atoms with E-state index in [0.29, 0.717) is 0 Å². The second-order valence-electron chi connectivity index (χ2n) is 4.99. The molecule has 0 aromatic heterocycles. The average Bonchev–Trinajstić information content (AvgIpc) is 2.28. The highest BCUT2D eigenvalue weighted by Gasteiger charge is 2.13. The monoisotopic (exact) mass is 257 g/mol. The van der Waals surface area contributed by atoms with Gasteiger partial charge < -0.3 is 10.2 Å². The lowest BCUT2D eigenvalue weighted by molar-refractivity contribution is 0.596. The lowest BCUT2D eigenvalue weighted by Gasteiger charge is -2.15. The molecule has 1 N–H and O–H groups in total. The number of unbranched alkanes of at least 4 members (excludes halogenated alkanes) is 1. The summed E-state index contributed by atoms with van der Waals surface area (Å²) in [5.41, 5.74) is 2.18. The maximum absolute atomic E-state index is 3.94. The van der Waals surface area contributed by atoms with Gasteiger partial charge in [-0.2, -0.15) is 0 Å². The van der Waals surface area contributed by atoms with E-state index in [2.05, 4.69) is 42.6 Å². The van der Waals surface area contributed by atoms with Crippen molar-refractivity contribution in [1.82, 2.24) is 10.2 Å². The Morgan fingerprint density at radius 2 is 1.94 bits per heavy atom. The highest BCUT2D eigenvalue weighted by atomic mass is 28.3. The summed E-state index contributed by atoms with van der Waals surface area (Å²) in [6.45, 7) is 10.8. The number of hydrogen-bond acceptors (Lipinski definition) is 1. The summed E-state index contributed by atoms with van der Waals surface area (Å²) in [4.78, 5) is 5.85. The van der Waals surface area contributed by atoms with Crippen molar-refractivity contribution < 1.29 is 0 Å². The van der Waals surface area contributed by atoms with Crippen molar-refractivity contribution in [3.63, 3.8) is 0 Å². The minimum Gasteiger partial charge on any atom is -0.359 e. The quantitative estimate of drug-likeness (QED) is 0.476. The minimum absolute atomic E-state index is 0.894. The fourth-order valence-corrected chi connectivity index (χ4v) is 2.74. The molecule has 0 saturated heterocycles. The molecule has 0 radical (unpaired) electrons. The van der Waals surface area contributed by atoms with Crippen molar-refractivity contribution in [3.05, 3.63) is 12.3 Å². The van der Waals surface area contributed by atoms with Crippen LogP contribution in [0, 0.1) is 0 Å². The lowest BCUT2D eigenvalue weighted by Crippen LogP contribution is -2.33. The molecule has 0 unspecified atom stereocenters. The fraction of sp³-hybridized carbons (Fsp3) is 0.769. The summed E-state index contributed by atoms with van der Waals surface area (Å²) in [6.07, 6.45) is 2.70. The minimum atomic E-state index is -0.934. The summed E-state index contributed by atoms with van der Waals surface area (Å²) in [5, 5.41) is 2.93. The van der Waals surface area contributed by atoms with E-state index in [-0.39, 0.29) is 0 Å². The van der Waals surface area contributed by atoms with Crippen LogP contribution >= 0.6 is 0 Å². The lowest BCUT2D eigenvalue weighted by atomic mass is 10.4. The number of aliphatic imine (C=N–C) groups is 1.